The fourth-order valence-corrected chi connectivity index (χ4v) is 2.33. The molecule has 0 fully saturated rings. The molecular weight excluding hydrogens is 239 g/mol. The van der Waals surface area contributed by atoms with Crippen molar-refractivity contribution in [3.8, 4) is 0 Å². The van der Waals surface area contributed by atoms with Gasteiger partial charge in [0.15, 0.2) is 0 Å². The lowest BCUT2D eigenvalue weighted by molar-refractivity contribution is 0.176. The molecule has 1 rings (SSSR count). The Morgan fingerprint density at radius 2 is 1.84 bits per heavy atom. The maximum Gasteiger partial charge on any atom is 0.123 e. The minimum absolute atomic E-state index is 0.169. The van der Waals surface area contributed by atoms with Crippen molar-refractivity contribution in [3.05, 3.63) is 35.6 Å². The third-order valence-electron chi connectivity index (χ3n) is 3.67. The lowest BCUT2D eigenvalue weighted by Crippen LogP contribution is -2.40. The van der Waals surface area contributed by atoms with Crippen LogP contribution >= 0.6 is 0 Å². The second kappa shape index (κ2) is 7.61. The maximum absolute atomic E-state index is 12.9. The highest BCUT2D eigenvalue weighted by atomic mass is 19.1. The molecule has 0 saturated carbocycles. The molecule has 0 amide bonds. The summed E-state index contributed by atoms with van der Waals surface area (Å²) >= 11 is 0. The van der Waals surface area contributed by atoms with Crippen LogP contribution in [0.15, 0.2) is 24.3 Å². The van der Waals surface area contributed by atoms with Crippen LogP contribution in [0.3, 0.4) is 0 Å². The molecule has 0 bridgehead atoms. The molecule has 0 aromatic heterocycles. The van der Waals surface area contributed by atoms with Crippen LogP contribution in [-0.2, 0) is 6.54 Å². The molecule has 0 heterocycles. The van der Waals surface area contributed by atoms with Gasteiger partial charge in [-0.3, -0.25) is 0 Å². The minimum atomic E-state index is -0.169. The summed E-state index contributed by atoms with van der Waals surface area (Å²) < 4.78 is 12.9. The first-order valence-corrected chi connectivity index (χ1v) is 7.13. The predicted molar refractivity (Wildman–Crippen MR) is 79.7 cm³/mol. The number of nitrogens with one attached hydrogen (secondary N) is 1. The van der Waals surface area contributed by atoms with Gasteiger partial charge < -0.3 is 10.2 Å². The highest BCUT2D eigenvalue weighted by Crippen LogP contribution is 2.22. The molecule has 1 unspecified atom stereocenters. The molecule has 3 heteroatoms. The van der Waals surface area contributed by atoms with Gasteiger partial charge >= 0.3 is 0 Å². The Kier molecular flexibility index (Phi) is 6.46. The first kappa shape index (κ1) is 16.1. The molecule has 19 heavy (non-hydrogen) atoms. The number of benzene rings is 1. The second-order valence-corrected chi connectivity index (χ2v) is 5.74. The van der Waals surface area contributed by atoms with E-state index in [0.29, 0.717) is 0 Å². The fraction of sp³-hybridized carbons (Fsp3) is 0.625. The highest BCUT2D eigenvalue weighted by Gasteiger charge is 2.23. The Hall–Kier alpha value is -0.930. The van der Waals surface area contributed by atoms with E-state index in [1.807, 2.05) is 12.1 Å². The number of halogens is 1. The van der Waals surface area contributed by atoms with E-state index in [-0.39, 0.29) is 11.2 Å². The molecule has 0 aliphatic heterocycles. The molecule has 0 spiro atoms. The van der Waals surface area contributed by atoms with Gasteiger partial charge in [-0.25, -0.2) is 4.39 Å². The smallest absolute Gasteiger partial charge is 0.123 e. The minimum Gasteiger partial charge on any atom is -0.316 e. The van der Waals surface area contributed by atoms with E-state index < -0.39 is 0 Å². The summed E-state index contributed by atoms with van der Waals surface area (Å²) in [4.78, 5) is 2.31. The van der Waals surface area contributed by atoms with Crippen molar-refractivity contribution < 1.29 is 4.39 Å². The third kappa shape index (κ3) is 5.70. The van der Waals surface area contributed by atoms with E-state index in [2.05, 4.69) is 38.0 Å². The van der Waals surface area contributed by atoms with Crippen LogP contribution in [0.2, 0.25) is 0 Å². The molecule has 1 aromatic carbocycles. The van der Waals surface area contributed by atoms with Crippen LogP contribution < -0.4 is 5.32 Å². The zero-order valence-corrected chi connectivity index (χ0v) is 12.7. The normalized spacial score (nSPS) is 14.6. The Morgan fingerprint density at radius 1 is 1.21 bits per heavy atom. The summed E-state index contributed by atoms with van der Waals surface area (Å²) in [5, 5.41) is 3.44. The molecule has 1 aromatic rings. The average molecular weight is 266 g/mol. The number of rotatable bonds is 8. The Bertz CT molecular complexity index is 364. The van der Waals surface area contributed by atoms with Gasteiger partial charge in [-0.05, 0) is 43.1 Å². The van der Waals surface area contributed by atoms with Gasteiger partial charge in [0, 0.05) is 19.6 Å². The van der Waals surface area contributed by atoms with Crippen LogP contribution in [0, 0.1) is 11.2 Å². The maximum atomic E-state index is 12.9. The van der Waals surface area contributed by atoms with Crippen LogP contribution in [0.5, 0.6) is 0 Å². The van der Waals surface area contributed by atoms with Crippen LogP contribution in [-0.4, -0.2) is 31.6 Å². The molecule has 0 aliphatic carbocycles. The van der Waals surface area contributed by atoms with E-state index in [9.17, 15) is 4.39 Å². The van der Waals surface area contributed by atoms with Crippen molar-refractivity contribution in [3.63, 3.8) is 0 Å². The van der Waals surface area contributed by atoms with Crippen LogP contribution in [0.1, 0.15) is 32.8 Å². The largest absolute Gasteiger partial charge is 0.316 e. The van der Waals surface area contributed by atoms with Gasteiger partial charge in [0.05, 0.1) is 0 Å². The summed E-state index contributed by atoms with van der Waals surface area (Å²) in [6.07, 6.45) is 1.15. The van der Waals surface area contributed by atoms with Crippen molar-refractivity contribution >= 4 is 0 Å². The number of nitrogens with zero attached hydrogens (tertiary/aromatic N) is 1. The van der Waals surface area contributed by atoms with E-state index in [4.69, 9.17) is 0 Å². The summed E-state index contributed by atoms with van der Waals surface area (Å²) in [6, 6.07) is 6.78. The Labute approximate surface area is 117 Å². The van der Waals surface area contributed by atoms with Crippen molar-refractivity contribution in [2.24, 2.45) is 5.41 Å². The van der Waals surface area contributed by atoms with Gasteiger partial charge in [0.2, 0.25) is 0 Å². The Morgan fingerprint density at radius 3 is 2.37 bits per heavy atom. The van der Waals surface area contributed by atoms with Gasteiger partial charge in [-0.2, -0.15) is 0 Å². The van der Waals surface area contributed by atoms with Crippen molar-refractivity contribution in [1.82, 2.24) is 10.2 Å². The standard InChI is InChI=1S/C16H27FN2/c1-5-16(3,12-18-6-2)13-19(4)11-14-7-9-15(17)10-8-14/h7-10,18H,5-6,11-13H2,1-4H3. The van der Waals surface area contributed by atoms with Crippen molar-refractivity contribution in [2.75, 3.05) is 26.7 Å². The van der Waals surface area contributed by atoms with Crippen LogP contribution in [0.4, 0.5) is 4.39 Å². The number of hydrogen-bond donors (Lipinski definition) is 1. The first-order valence-electron chi connectivity index (χ1n) is 7.13. The summed E-state index contributed by atoms with van der Waals surface area (Å²) in [5.41, 5.74) is 1.44. The topological polar surface area (TPSA) is 15.3 Å². The Balaban J connectivity index is 2.52. The van der Waals surface area contributed by atoms with Crippen LogP contribution in [0.25, 0.3) is 0 Å². The molecule has 2 nitrogen and oxygen atoms in total. The monoisotopic (exact) mass is 266 g/mol. The quantitative estimate of drug-likeness (QED) is 0.777. The highest BCUT2D eigenvalue weighted by molar-refractivity contribution is 5.15. The molecular formula is C16H27FN2. The third-order valence-corrected chi connectivity index (χ3v) is 3.67. The first-order chi connectivity index (χ1) is 8.99. The predicted octanol–water partition coefficient (Wildman–Crippen LogP) is 3.28. The lowest BCUT2D eigenvalue weighted by atomic mass is 9.86. The van der Waals surface area contributed by atoms with Crippen molar-refractivity contribution in [2.45, 2.75) is 33.7 Å². The zero-order valence-electron chi connectivity index (χ0n) is 12.7. The van der Waals surface area contributed by atoms with E-state index in [0.717, 1.165) is 38.2 Å². The molecule has 0 aliphatic rings. The van der Waals surface area contributed by atoms with E-state index in [1.54, 1.807) is 0 Å². The van der Waals surface area contributed by atoms with Gasteiger partial charge in [-0.15, -0.1) is 0 Å². The zero-order chi connectivity index (χ0) is 14.3. The van der Waals surface area contributed by atoms with E-state index in [1.165, 1.54) is 12.1 Å². The molecule has 1 N–H and O–H groups in total. The fourth-order valence-electron chi connectivity index (χ4n) is 2.33. The van der Waals surface area contributed by atoms with Gasteiger partial charge in [0.25, 0.3) is 0 Å². The van der Waals surface area contributed by atoms with Gasteiger partial charge in [0.1, 0.15) is 5.82 Å². The molecule has 1 atom stereocenters. The molecule has 108 valence electrons. The summed E-state index contributed by atoms with van der Waals surface area (Å²) in [5.74, 6) is -0.169. The molecule has 0 radical (unpaired) electrons. The number of hydrogen-bond acceptors (Lipinski definition) is 2. The van der Waals surface area contributed by atoms with Gasteiger partial charge in [-0.1, -0.05) is 32.9 Å². The average Bonchev–Trinajstić information content (AvgIpc) is 2.39. The SMILES string of the molecule is CCNCC(C)(CC)CN(C)Cc1ccc(F)cc1. The lowest BCUT2D eigenvalue weighted by Gasteiger charge is -2.33. The summed E-state index contributed by atoms with van der Waals surface area (Å²) in [7, 11) is 2.13. The second-order valence-electron chi connectivity index (χ2n) is 5.74. The molecule has 0 saturated heterocycles. The summed E-state index contributed by atoms with van der Waals surface area (Å²) in [6.45, 7) is 10.6. The van der Waals surface area contributed by atoms with E-state index >= 15 is 0 Å². The van der Waals surface area contributed by atoms with Crippen molar-refractivity contribution in [1.29, 1.82) is 0 Å².